The molecule has 1 saturated carbocycles. The van der Waals surface area contributed by atoms with Gasteiger partial charge in [0.15, 0.2) is 5.76 Å². The number of furan rings is 1. The fourth-order valence-electron chi connectivity index (χ4n) is 2.81. The first-order valence-electron chi connectivity index (χ1n) is 9.08. The molecule has 1 heterocycles. The van der Waals surface area contributed by atoms with E-state index in [1.165, 1.54) is 0 Å². The molecule has 0 spiro atoms. The molecule has 4 rings (SSSR count). The Bertz CT molecular complexity index is 1040. The van der Waals surface area contributed by atoms with E-state index in [9.17, 15) is 9.59 Å². The van der Waals surface area contributed by atoms with E-state index in [1.54, 1.807) is 36.4 Å². The van der Waals surface area contributed by atoms with Gasteiger partial charge in [0.1, 0.15) is 5.76 Å². The van der Waals surface area contributed by atoms with E-state index in [4.69, 9.17) is 16.0 Å². The molecule has 1 fully saturated rings. The molecule has 28 heavy (non-hydrogen) atoms. The molecule has 5 nitrogen and oxygen atoms in total. The lowest BCUT2D eigenvalue weighted by atomic mass is 10.1. The summed E-state index contributed by atoms with van der Waals surface area (Å²) in [4.78, 5) is 24.9. The van der Waals surface area contributed by atoms with Crippen molar-refractivity contribution in [3.8, 4) is 11.3 Å². The molecule has 0 bridgehead atoms. The third kappa shape index (κ3) is 4.10. The Morgan fingerprint density at radius 3 is 2.46 bits per heavy atom. The number of carbonyl (C=O) groups excluding carboxylic acids is 2. The zero-order chi connectivity index (χ0) is 19.7. The van der Waals surface area contributed by atoms with Gasteiger partial charge in [-0.3, -0.25) is 9.59 Å². The summed E-state index contributed by atoms with van der Waals surface area (Å²) in [6, 6.07) is 16.1. The predicted molar refractivity (Wildman–Crippen MR) is 109 cm³/mol. The first-order valence-corrected chi connectivity index (χ1v) is 9.46. The number of hydrogen-bond acceptors (Lipinski definition) is 3. The van der Waals surface area contributed by atoms with Crippen molar-refractivity contribution in [2.24, 2.45) is 0 Å². The molecule has 1 aliphatic rings. The Labute approximate surface area is 167 Å². The van der Waals surface area contributed by atoms with Crippen molar-refractivity contribution >= 4 is 29.1 Å². The largest absolute Gasteiger partial charge is 0.451 e. The second-order valence-corrected chi connectivity index (χ2v) is 7.34. The van der Waals surface area contributed by atoms with Crippen LogP contribution >= 0.6 is 11.6 Å². The standard InChI is InChI=1S/C22H19ClN2O3/c1-13-2-3-15(21(26)24-17-8-9-17)12-18(13)25-22(27)20-11-10-19(28-20)14-4-6-16(23)7-5-14/h2-7,10-12,17H,8-9H2,1H3,(H,24,26)(H,25,27). The first kappa shape index (κ1) is 18.3. The third-order valence-electron chi connectivity index (χ3n) is 4.62. The van der Waals surface area contributed by atoms with E-state index < -0.39 is 0 Å². The Morgan fingerprint density at radius 1 is 1.00 bits per heavy atom. The molecule has 1 aliphatic carbocycles. The van der Waals surface area contributed by atoms with E-state index in [2.05, 4.69) is 10.6 Å². The average molecular weight is 395 g/mol. The number of aryl methyl sites for hydroxylation is 1. The lowest BCUT2D eigenvalue weighted by Crippen LogP contribution is -2.25. The summed E-state index contributed by atoms with van der Waals surface area (Å²) < 4.78 is 5.69. The van der Waals surface area contributed by atoms with Gasteiger partial charge in [0.2, 0.25) is 0 Å². The summed E-state index contributed by atoms with van der Waals surface area (Å²) in [5.74, 6) is 0.275. The minimum Gasteiger partial charge on any atom is -0.451 e. The van der Waals surface area contributed by atoms with Gasteiger partial charge in [0, 0.05) is 27.9 Å². The van der Waals surface area contributed by atoms with Gasteiger partial charge >= 0.3 is 0 Å². The lowest BCUT2D eigenvalue weighted by Gasteiger charge is -2.10. The van der Waals surface area contributed by atoms with Crippen molar-refractivity contribution in [1.29, 1.82) is 0 Å². The SMILES string of the molecule is Cc1ccc(C(=O)NC2CC2)cc1NC(=O)c1ccc(-c2ccc(Cl)cc2)o1. The third-order valence-corrected chi connectivity index (χ3v) is 4.87. The van der Waals surface area contributed by atoms with Crippen LogP contribution in [0.25, 0.3) is 11.3 Å². The fraction of sp³-hybridized carbons (Fsp3) is 0.182. The van der Waals surface area contributed by atoms with E-state index in [0.717, 1.165) is 24.0 Å². The monoisotopic (exact) mass is 394 g/mol. The van der Waals surface area contributed by atoms with E-state index in [1.807, 2.05) is 25.1 Å². The number of carbonyl (C=O) groups is 2. The maximum Gasteiger partial charge on any atom is 0.291 e. The Hall–Kier alpha value is -3.05. The highest BCUT2D eigenvalue weighted by Gasteiger charge is 2.24. The van der Waals surface area contributed by atoms with Crippen LogP contribution in [-0.4, -0.2) is 17.9 Å². The molecule has 3 aromatic rings. The Morgan fingerprint density at radius 2 is 1.75 bits per heavy atom. The second kappa shape index (κ2) is 7.52. The second-order valence-electron chi connectivity index (χ2n) is 6.90. The van der Waals surface area contributed by atoms with Crippen molar-refractivity contribution in [1.82, 2.24) is 5.32 Å². The zero-order valence-electron chi connectivity index (χ0n) is 15.3. The maximum atomic E-state index is 12.6. The van der Waals surface area contributed by atoms with E-state index in [0.29, 0.717) is 22.0 Å². The number of halogens is 1. The highest BCUT2D eigenvalue weighted by atomic mass is 35.5. The van der Waals surface area contributed by atoms with Gasteiger partial charge in [-0.15, -0.1) is 0 Å². The van der Waals surface area contributed by atoms with Crippen LogP contribution in [0, 0.1) is 6.92 Å². The van der Waals surface area contributed by atoms with E-state index in [-0.39, 0.29) is 23.6 Å². The van der Waals surface area contributed by atoms with Crippen molar-refractivity contribution in [3.63, 3.8) is 0 Å². The number of rotatable bonds is 5. The summed E-state index contributed by atoms with van der Waals surface area (Å²) in [6.45, 7) is 1.87. The van der Waals surface area contributed by atoms with Gasteiger partial charge in [0.05, 0.1) is 0 Å². The Kier molecular flexibility index (Phi) is 4.92. The molecule has 0 atom stereocenters. The molecular formula is C22H19ClN2O3. The zero-order valence-corrected chi connectivity index (χ0v) is 16.0. The minimum absolute atomic E-state index is 0.124. The number of hydrogen-bond donors (Lipinski definition) is 2. The van der Waals surface area contributed by atoms with Gasteiger partial charge in [0.25, 0.3) is 11.8 Å². The number of benzene rings is 2. The molecule has 2 amide bonds. The maximum absolute atomic E-state index is 12.6. The summed E-state index contributed by atoms with van der Waals surface area (Å²) >= 11 is 5.90. The van der Waals surface area contributed by atoms with Crippen molar-refractivity contribution in [2.75, 3.05) is 5.32 Å². The quantitative estimate of drug-likeness (QED) is 0.635. The van der Waals surface area contributed by atoms with Gasteiger partial charge in [-0.2, -0.15) is 0 Å². The lowest BCUT2D eigenvalue weighted by molar-refractivity contribution is 0.0949. The van der Waals surface area contributed by atoms with E-state index >= 15 is 0 Å². The first-order chi connectivity index (χ1) is 13.5. The van der Waals surface area contributed by atoms with Crippen LogP contribution in [0.3, 0.4) is 0 Å². The molecule has 1 aromatic heterocycles. The normalized spacial score (nSPS) is 13.2. The minimum atomic E-state index is -0.372. The van der Waals surface area contributed by atoms with Gasteiger partial charge in [-0.25, -0.2) is 0 Å². The summed E-state index contributed by atoms with van der Waals surface area (Å²) in [6.07, 6.45) is 2.05. The van der Waals surface area contributed by atoms with Crippen LogP contribution in [0.1, 0.15) is 39.3 Å². The summed E-state index contributed by atoms with van der Waals surface area (Å²) in [5, 5.41) is 6.41. The van der Waals surface area contributed by atoms with Crippen molar-refractivity contribution in [2.45, 2.75) is 25.8 Å². The molecule has 0 aliphatic heterocycles. The summed E-state index contributed by atoms with van der Waals surface area (Å²) in [5.41, 5.74) is 2.80. The predicted octanol–water partition coefficient (Wildman–Crippen LogP) is 5.05. The van der Waals surface area contributed by atoms with Crippen LogP contribution in [0.4, 0.5) is 5.69 Å². The number of amides is 2. The number of nitrogens with one attached hydrogen (secondary N) is 2. The molecule has 6 heteroatoms. The fourth-order valence-corrected chi connectivity index (χ4v) is 2.93. The molecule has 0 saturated heterocycles. The highest BCUT2D eigenvalue weighted by molar-refractivity contribution is 6.30. The van der Waals surface area contributed by atoms with Crippen LogP contribution < -0.4 is 10.6 Å². The average Bonchev–Trinajstić information content (AvgIpc) is 3.35. The van der Waals surface area contributed by atoms with Crippen molar-refractivity contribution < 1.29 is 14.0 Å². The molecule has 2 N–H and O–H groups in total. The van der Waals surface area contributed by atoms with Gasteiger partial charge < -0.3 is 15.1 Å². The van der Waals surface area contributed by atoms with Crippen LogP contribution in [0.2, 0.25) is 5.02 Å². The van der Waals surface area contributed by atoms with Crippen LogP contribution in [0.15, 0.2) is 59.0 Å². The Balaban J connectivity index is 1.50. The van der Waals surface area contributed by atoms with Crippen molar-refractivity contribution in [3.05, 3.63) is 76.5 Å². The molecule has 142 valence electrons. The molecule has 2 aromatic carbocycles. The topological polar surface area (TPSA) is 71.3 Å². The highest BCUT2D eigenvalue weighted by Crippen LogP contribution is 2.25. The van der Waals surface area contributed by atoms with Crippen LogP contribution in [-0.2, 0) is 0 Å². The van der Waals surface area contributed by atoms with Gasteiger partial charge in [-0.1, -0.05) is 17.7 Å². The molecule has 0 unspecified atom stereocenters. The summed E-state index contributed by atoms with van der Waals surface area (Å²) in [7, 11) is 0. The van der Waals surface area contributed by atoms with Crippen LogP contribution in [0.5, 0.6) is 0 Å². The van der Waals surface area contributed by atoms with Gasteiger partial charge in [-0.05, 0) is 73.9 Å². The molecular weight excluding hydrogens is 376 g/mol. The smallest absolute Gasteiger partial charge is 0.291 e. The molecule has 0 radical (unpaired) electrons. The number of anilines is 1.